The van der Waals surface area contributed by atoms with Gasteiger partial charge in [-0.2, -0.15) is 0 Å². The summed E-state index contributed by atoms with van der Waals surface area (Å²) in [6.07, 6.45) is 4.65. The molecule has 5 heteroatoms. The molecule has 5 nitrogen and oxygen atoms in total. The molecule has 0 radical (unpaired) electrons. The van der Waals surface area contributed by atoms with Crippen LogP contribution in [0, 0.1) is 0 Å². The van der Waals surface area contributed by atoms with Crippen LogP contribution in [0.4, 0.5) is 0 Å². The molecule has 0 saturated heterocycles. The maximum absolute atomic E-state index is 12.0. The Morgan fingerprint density at radius 2 is 1.74 bits per heavy atom. The molecule has 1 aliphatic carbocycles. The molecule has 3 N–H and O–H groups in total. The minimum Gasteiger partial charge on any atom is -0.481 e. The SMILES string of the molecule is CC(C)(C)NCC(=O)NC1(CC(=O)O)CCCCC1. The van der Waals surface area contributed by atoms with Gasteiger partial charge in [0.1, 0.15) is 0 Å². The van der Waals surface area contributed by atoms with E-state index in [-0.39, 0.29) is 24.4 Å². The molecule has 0 aromatic heterocycles. The third-order valence-electron chi connectivity index (χ3n) is 3.48. The van der Waals surface area contributed by atoms with Gasteiger partial charge in [0.25, 0.3) is 0 Å². The molecule has 0 aromatic rings. The molecule has 0 atom stereocenters. The van der Waals surface area contributed by atoms with E-state index in [1.165, 1.54) is 0 Å². The Morgan fingerprint density at radius 3 is 2.21 bits per heavy atom. The Kier molecular flexibility index (Phi) is 5.35. The first-order chi connectivity index (χ1) is 8.72. The maximum atomic E-state index is 12.0. The van der Waals surface area contributed by atoms with Crippen molar-refractivity contribution in [2.24, 2.45) is 0 Å². The van der Waals surface area contributed by atoms with Crippen molar-refractivity contribution >= 4 is 11.9 Å². The van der Waals surface area contributed by atoms with Crippen molar-refractivity contribution in [1.29, 1.82) is 0 Å². The minimum atomic E-state index is -0.842. The second-order valence-electron chi connectivity index (χ2n) is 6.56. The molecule has 1 fully saturated rings. The van der Waals surface area contributed by atoms with E-state index >= 15 is 0 Å². The van der Waals surface area contributed by atoms with Crippen molar-refractivity contribution in [3.05, 3.63) is 0 Å². The molecular weight excluding hydrogens is 244 g/mol. The highest BCUT2D eigenvalue weighted by Crippen LogP contribution is 2.31. The number of hydrogen-bond donors (Lipinski definition) is 3. The molecule has 0 spiro atoms. The summed E-state index contributed by atoms with van der Waals surface area (Å²) in [5, 5.41) is 15.1. The molecule has 0 unspecified atom stereocenters. The van der Waals surface area contributed by atoms with Crippen molar-refractivity contribution < 1.29 is 14.7 Å². The van der Waals surface area contributed by atoms with E-state index in [2.05, 4.69) is 10.6 Å². The monoisotopic (exact) mass is 270 g/mol. The van der Waals surface area contributed by atoms with Crippen LogP contribution in [0.25, 0.3) is 0 Å². The van der Waals surface area contributed by atoms with Crippen LogP contribution < -0.4 is 10.6 Å². The average molecular weight is 270 g/mol. The Balaban J connectivity index is 2.57. The Hall–Kier alpha value is -1.10. The lowest BCUT2D eigenvalue weighted by molar-refractivity contribution is -0.139. The van der Waals surface area contributed by atoms with Gasteiger partial charge in [0, 0.05) is 5.54 Å². The summed E-state index contributed by atoms with van der Waals surface area (Å²) < 4.78 is 0. The summed E-state index contributed by atoms with van der Waals surface area (Å²) in [5.41, 5.74) is -0.662. The van der Waals surface area contributed by atoms with Crippen molar-refractivity contribution in [2.45, 2.75) is 70.4 Å². The summed E-state index contributed by atoms with van der Waals surface area (Å²) in [7, 11) is 0. The fourth-order valence-corrected chi connectivity index (χ4v) is 2.55. The summed E-state index contributed by atoms with van der Waals surface area (Å²) in [5.74, 6) is -0.955. The van der Waals surface area contributed by atoms with E-state index < -0.39 is 11.5 Å². The van der Waals surface area contributed by atoms with Crippen molar-refractivity contribution in [2.75, 3.05) is 6.54 Å². The highest BCUT2D eigenvalue weighted by molar-refractivity contribution is 5.80. The molecule has 19 heavy (non-hydrogen) atoms. The van der Waals surface area contributed by atoms with Crippen LogP contribution in [0.2, 0.25) is 0 Å². The molecule has 0 aromatic carbocycles. The van der Waals surface area contributed by atoms with E-state index in [0.29, 0.717) is 0 Å². The largest absolute Gasteiger partial charge is 0.481 e. The molecular formula is C14H26N2O3. The van der Waals surface area contributed by atoms with E-state index in [9.17, 15) is 9.59 Å². The fourth-order valence-electron chi connectivity index (χ4n) is 2.55. The van der Waals surface area contributed by atoms with Crippen molar-refractivity contribution in [3.63, 3.8) is 0 Å². The summed E-state index contributed by atoms with van der Waals surface area (Å²) in [4.78, 5) is 23.0. The highest BCUT2D eigenvalue weighted by atomic mass is 16.4. The van der Waals surface area contributed by atoms with Gasteiger partial charge in [0.2, 0.25) is 5.91 Å². The number of amides is 1. The van der Waals surface area contributed by atoms with E-state index in [0.717, 1.165) is 32.1 Å². The van der Waals surface area contributed by atoms with E-state index in [4.69, 9.17) is 5.11 Å². The van der Waals surface area contributed by atoms with Gasteiger partial charge in [0.15, 0.2) is 0 Å². The van der Waals surface area contributed by atoms with Gasteiger partial charge in [-0.05, 0) is 33.6 Å². The van der Waals surface area contributed by atoms with Crippen LogP contribution in [-0.2, 0) is 9.59 Å². The second-order valence-corrected chi connectivity index (χ2v) is 6.56. The zero-order valence-corrected chi connectivity index (χ0v) is 12.2. The molecule has 110 valence electrons. The van der Waals surface area contributed by atoms with Crippen LogP contribution in [0.5, 0.6) is 0 Å². The Bertz CT molecular complexity index is 328. The first-order valence-corrected chi connectivity index (χ1v) is 7.00. The molecule has 0 heterocycles. The van der Waals surface area contributed by atoms with Gasteiger partial charge in [0.05, 0.1) is 18.5 Å². The van der Waals surface area contributed by atoms with Crippen LogP contribution in [0.3, 0.4) is 0 Å². The summed E-state index contributed by atoms with van der Waals surface area (Å²) in [6, 6.07) is 0. The van der Waals surface area contributed by atoms with Crippen LogP contribution in [-0.4, -0.2) is 34.6 Å². The van der Waals surface area contributed by atoms with E-state index in [1.807, 2.05) is 20.8 Å². The first kappa shape index (κ1) is 16.0. The van der Waals surface area contributed by atoms with Gasteiger partial charge in [-0.15, -0.1) is 0 Å². The number of carboxylic acids is 1. The normalized spacial score (nSPS) is 18.9. The van der Waals surface area contributed by atoms with Gasteiger partial charge < -0.3 is 15.7 Å². The lowest BCUT2D eigenvalue weighted by Crippen LogP contribution is -2.54. The van der Waals surface area contributed by atoms with Gasteiger partial charge in [-0.3, -0.25) is 9.59 Å². The Morgan fingerprint density at radius 1 is 1.16 bits per heavy atom. The highest BCUT2D eigenvalue weighted by Gasteiger charge is 2.35. The second kappa shape index (κ2) is 6.37. The summed E-state index contributed by atoms with van der Waals surface area (Å²) in [6.45, 7) is 6.21. The number of aliphatic carboxylic acids is 1. The van der Waals surface area contributed by atoms with Crippen molar-refractivity contribution in [3.8, 4) is 0 Å². The van der Waals surface area contributed by atoms with Gasteiger partial charge in [-0.25, -0.2) is 0 Å². The van der Waals surface area contributed by atoms with E-state index in [1.54, 1.807) is 0 Å². The molecule has 0 bridgehead atoms. The molecule has 1 saturated carbocycles. The lowest BCUT2D eigenvalue weighted by atomic mass is 9.79. The molecule has 1 aliphatic rings. The van der Waals surface area contributed by atoms with Crippen LogP contribution >= 0.6 is 0 Å². The number of rotatable bonds is 5. The maximum Gasteiger partial charge on any atom is 0.305 e. The number of carbonyl (C=O) groups excluding carboxylic acids is 1. The zero-order valence-electron chi connectivity index (χ0n) is 12.2. The van der Waals surface area contributed by atoms with Gasteiger partial charge >= 0.3 is 5.97 Å². The smallest absolute Gasteiger partial charge is 0.305 e. The third-order valence-corrected chi connectivity index (χ3v) is 3.48. The minimum absolute atomic E-state index is 0.0221. The Labute approximate surface area is 115 Å². The predicted molar refractivity (Wildman–Crippen MR) is 74.0 cm³/mol. The fraction of sp³-hybridized carbons (Fsp3) is 0.857. The number of carboxylic acid groups (broad SMARTS) is 1. The zero-order chi connectivity index (χ0) is 14.5. The standard InChI is InChI=1S/C14H26N2O3/c1-13(2,3)15-10-11(17)16-14(9-12(18)19)7-5-4-6-8-14/h15H,4-10H2,1-3H3,(H,16,17)(H,18,19). The van der Waals surface area contributed by atoms with Crippen molar-refractivity contribution in [1.82, 2.24) is 10.6 Å². The average Bonchev–Trinajstić information content (AvgIpc) is 2.25. The lowest BCUT2D eigenvalue weighted by Gasteiger charge is -2.37. The van der Waals surface area contributed by atoms with Gasteiger partial charge in [-0.1, -0.05) is 19.3 Å². The number of nitrogens with one attached hydrogen (secondary N) is 2. The van der Waals surface area contributed by atoms with Crippen LogP contribution in [0.15, 0.2) is 0 Å². The quantitative estimate of drug-likeness (QED) is 0.710. The topological polar surface area (TPSA) is 78.4 Å². The summed E-state index contributed by atoms with van der Waals surface area (Å²) >= 11 is 0. The number of carbonyl (C=O) groups is 2. The third kappa shape index (κ3) is 6.05. The molecule has 1 rings (SSSR count). The number of hydrogen-bond acceptors (Lipinski definition) is 3. The first-order valence-electron chi connectivity index (χ1n) is 7.00. The predicted octanol–water partition coefficient (Wildman–Crippen LogP) is 1.67. The molecule has 0 aliphatic heterocycles. The van der Waals surface area contributed by atoms with Crippen LogP contribution in [0.1, 0.15) is 59.3 Å². The molecule has 1 amide bonds.